The van der Waals surface area contributed by atoms with Crippen LogP contribution >= 0.6 is 0 Å². The lowest BCUT2D eigenvalue weighted by molar-refractivity contribution is -0.149. The number of para-hydroxylation sites is 2. The van der Waals surface area contributed by atoms with E-state index in [1.54, 1.807) is 0 Å². The Morgan fingerprint density at radius 1 is 1.19 bits per heavy atom. The number of piperidine rings is 1. The fourth-order valence-corrected chi connectivity index (χ4v) is 9.00. The van der Waals surface area contributed by atoms with Gasteiger partial charge in [0.2, 0.25) is 11.8 Å². The molecule has 3 fully saturated rings. The standard InChI is InChI=1S/C30H40N4O2/c1-18-16-19-21-8-7-13-29(21,2)14-11-22(19)30(3)17-20(28(36)34(4)26(18)30)27(35)31-15-12-25-32-23-9-5-6-10-24(23)33-25/h5-6,9-10,19-22H,7-8,11-17H2,1-4H3,(H,31,35)(H,32,33)/t19-,20?,21-,22+,29-,30+/m0/s1. The number of hydrogen-bond acceptors (Lipinski definition) is 3. The van der Waals surface area contributed by atoms with Crippen molar-refractivity contribution in [3.05, 3.63) is 41.4 Å². The van der Waals surface area contributed by atoms with Crippen molar-refractivity contribution in [2.45, 2.75) is 72.1 Å². The van der Waals surface area contributed by atoms with E-state index in [0.717, 1.165) is 29.2 Å². The zero-order valence-electron chi connectivity index (χ0n) is 22.2. The molecule has 0 radical (unpaired) electrons. The number of fused-ring (bicyclic) bond motifs is 6. The summed E-state index contributed by atoms with van der Waals surface area (Å²) >= 11 is 0. The van der Waals surface area contributed by atoms with E-state index in [-0.39, 0.29) is 17.2 Å². The fourth-order valence-electron chi connectivity index (χ4n) is 9.00. The molecule has 1 saturated heterocycles. The predicted molar refractivity (Wildman–Crippen MR) is 141 cm³/mol. The molecule has 1 unspecified atom stereocenters. The molecule has 1 aromatic heterocycles. The van der Waals surface area contributed by atoms with Gasteiger partial charge < -0.3 is 15.2 Å². The molecule has 2 aromatic rings. The third-order valence-electron chi connectivity index (χ3n) is 10.5. The van der Waals surface area contributed by atoms with Crippen LogP contribution in [0.2, 0.25) is 0 Å². The number of aromatic amines is 1. The second kappa shape index (κ2) is 8.46. The summed E-state index contributed by atoms with van der Waals surface area (Å²) in [5.41, 5.74) is 4.88. The van der Waals surface area contributed by atoms with E-state index in [0.29, 0.717) is 36.6 Å². The number of likely N-dealkylation sites (tertiary alicyclic amines) is 1. The summed E-state index contributed by atoms with van der Waals surface area (Å²) in [5, 5.41) is 3.07. The zero-order chi connectivity index (χ0) is 25.2. The largest absolute Gasteiger partial charge is 0.355 e. The Balaban J connectivity index is 1.20. The number of carbonyl (C=O) groups is 2. The summed E-state index contributed by atoms with van der Waals surface area (Å²) in [6.07, 6.45) is 8.92. The number of carbonyl (C=O) groups excluding carboxylic acids is 2. The van der Waals surface area contributed by atoms with Gasteiger partial charge in [0.15, 0.2) is 0 Å². The van der Waals surface area contributed by atoms with Crippen molar-refractivity contribution < 1.29 is 9.59 Å². The van der Waals surface area contributed by atoms with E-state index in [4.69, 9.17) is 0 Å². The van der Waals surface area contributed by atoms with Gasteiger partial charge in [0.05, 0.1) is 11.0 Å². The van der Waals surface area contributed by atoms with Crippen LogP contribution in [0.5, 0.6) is 0 Å². The van der Waals surface area contributed by atoms with Gasteiger partial charge in [-0.15, -0.1) is 0 Å². The van der Waals surface area contributed by atoms with E-state index in [2.05, 4.69) is 36.1 Å². The van der Waals surface area contributed by atoms with Gasteiger partial charge in [0.25, 0.3) is 0 Å². The molecule has 2 N–H and O–H groups in total. The number of nitrogens with zero attached hydrogens (tertiary/aromatic N) is 2. The van der Waals surface area contributed by atoms with Crippen LogP contribution in [0.25, 0.3) is 11.0 Å². The van der Waals surface area contributed by atoms with Crippen LogP contribution in [-0.2, 0) is 16.0 Å². The van der Waals surface area contributed by atoms with Crippen LogP contribution in [0.3, 0.4) is 0 Å². The van der Waals surface area contributed by atoms with Crippen molar-refractivity contribution in [1.82, 2.24) is 20.2 Å². The lowest BCUT2D eigenvalue weighted by atomic mass is 9.48. The molecule has 6 rings (SSSR count). The second-order valence-electron chi connectivity index (χ2n) is 12.6. The third-order valence-corrected chi connectivity index (χ3v) is 10.5. The summed E-state index contributed by atoms with van der Waals surface area (Å²) in [6, 6.07) is 7.94. The number of rotatable bonds is 4. The summed E-state index contributed by atoms with van der Waals surface area (Å²) in [5.74, 6) is 2.06. The number of H-pyrrole nitrogens is 1. The van der Waals surface area contributed by atoms with Crippen LogP contribution in [0.1, 0.15) is 71.5 Å². The number of allylic oxidation sites excluding steroid dienone is 2. The Morgan fingerprint density at radius 2 is 2.00 bits per heavy atom. The first-order valence-corrected chi connectivity index (χ1v) is 13.9. The van der Waals surface area contributed by atoms with Gasteiger partial charge in [-0.2, -0.15) is 0 Å². The molecule has 0 spiro atoms. The van der Waals surface area contributed by atoms with Crippen LogP contribution in [-0.4, -0.2) is 40.3 Å². The fraction of sp³-hybridized carbons (Fsp3) is 0.633. The highest BCUT2D eigenvalue weighted by atomic mass is 16.2. The Kier molecular flexibility index (Phi) is 5.58. The number of nitrogens with one attached hydrogen (secondary N) is 2. The predicted octanol–water partition coefficient (Wildman–Crippen LogP) is 5.22. The first-order chi connectivity index (χ1) is 17.2. The number of benzene rings is 1. The molecule has 2 amide bonds. The first-order valence-electron chi connectivity index (χ1n) is 13.9. The molecule has 36 heavy (non-hydrogen) atoms. The monoisotopic (exact) mass is 488 g/mol. The molecule has 1 aliphatic heterocycles. The molecule has 3 aliphatic carbocycles. The average Bonchev–Trinajstić information content (AvgIpc) is 3.44. The normalized spacial score (nSPS) is 36.0. The Morgan fingerprint density at radius 3 is 2.81 bits per heavy atom. The smallest absolute Gasteiger partial charge is 0.239 e. The van der Waals surface area contributed by atoms with Gasteiger partial charge in [0, 0.05) is 31.1 Å². The van der Waals surface area contributed by atoms with Gasteiger partial charge in [-0.05, 0) is 80.8 Å². The zero-order valence-corrected chi connectivity index (χ0v) is 22.2. The maximum atomic E-state index is 13.5. The molecule has 6 nitrogen and oxygen atoms in total. The minimum absolute atomic E-state index is 0.0528. The van der Waals surface area contributed by atoms with E-state index in [9.17, 15) is 9.59 Å². The Bertz CT molecular complexity index is 1210. The topological polar surface area (TPSA) is 78.1 Å². The molecular weight excluding hydrogens is 448 g/mol. The van der Waals surface area contributed by atoms with E-state index in [1.807, 2.05) is 36.2 Å². The maximum Gasteiger partial charge on any atom is 0.239 e. The highest BCUT2D eigenvalue weighted by Gasteiger charge is 2.59. The minimum Gasteiger partial charge on any atom is -0.355 e. The molecule has 2 saturated carbocycles. The molecule has 6 heteroatoms. The van der Waals surface area contributed by atoms with Gasteiger partial charge in [-0.3, -0.25) is 9.59 Å². The van der Waals surface area contributed by atoms with Crippen LogP contribution in [0.4, 0.5) is 0 Å². The Labute approximate surface area is 214 Å². The molecule has 1 aromatic carbocycles. The lowest BCUT2D eigenvalue weighted by Crippen LogP contribution is -2.58. The molecule has 6 atom stereocenters. The quantitative estimate of drug-likeness (QED) is 0.580. The number of amides is 2. The highest BCUT2D eigenvalue weighted by molar-refractivity contribution is 6.01. The summed E-state index contributed by atoms with van der Waals surface area (Å²) in [7, 11) is 1.90. The second-order valence-corrected chi connectivity index (χ2v) is 12.6. The van der Waals surface area contributed by atoms with Crippen molar-refractivity contribution in [3.63, 3.8) is 0 Å². The van der Waals surface area contributed by atoms with Crippen LogP contribution in [0, 0.1) is 34.5 Å². The molecular formula is C30H40N4O2. The minimum atomic E-state index is -0.622. The van der Waals surface area contributed by atoms with Crippen molar-refractivity contribution in [2.75, 3.05) is 13.6 Å². The average molecular weight is 489 g/mol. The molecule has 0 bridgehead atoms. The maximum absolute atomic E-state index is 13.5. The highest BCUT2D eigenvalue weighted by Crippen LogP contribution is 2.65. The number of imidazole rings is 1. The number of hydrogen-bond donors (Lipinski definition) is 2. The van der Waals surface area contributed by atoms with Crippen LogP contribution in [0.15, 0.2) is 35.5 Å². The van der Waals surface area contributed by atoms with Crippen LogP contribution < -0.4 is 5.32 Å². The first kappa shape index (κ1) is 23.7. The van der Waals surface area contributed by atoms with Crippen molar-refractivity contribution >= 4 is 22.8 Å². The van der Waals surface area contributed by atoms with Crippen molar-refractivity contribution in [2.24, 2.45) is 34.5 Å². The van der Waals surface area contributed by atoms with Gasteiger partial charge >= 0.3 is 0 Å². The molecule has 192 valence electrons. The van der Waals surface area contributed by atoms with Gasteiger partial charge in [-0.25, -0.2) is 4.98 Å². The van der Waals surface area contributed by atoms with Gasteiger partial charge in [0.1, 0.15) is 11.7 Å². The third kappa shape index (κ3) is 3.54. The van der Waals surface area contributed by atoms with E-state index < -0.39 is 5.92 Å². The van der Waals surface area contributed by atoms with Crippen molar-refractivity contribution in [3.8, 4) is 0 Å². The summed E-state index contributed by atoms with van der Waals surface area (Å²) < 4.78 is 0. The molecule has 2 heterocycles. The lowest BCUT2D eigenvalue weighted by Gasteiger charge is -2.59. The summed E-state index contributed by atoms with van der Waals surface area (Å²) in [4.78, 5) is 36.7. The Hall–Kier alpha value is -2.63. The van der Waals surface area contributed by atoms with Crippen molar-refractivity contribution in [1.29, 1.82) is 0 Å². The van der Waals surface area contributed by atoms with E-state index >= 15 is 0 Å². The summed E-state index contributed by atoms with van der Waals surface area (Å²) in [6.45, 7) is 7.59. The number of aromatic nitrogens is 2. The van der Waals surface area contributed by atoms with E-state index in [1.165, 1.54) is 43.4 Å². The SMILES string of the molecule is CC1=C2N(C)C(=O)C(C(=O)NCCc3nc4ccccc4[nH]3)C[C@]2(C)[C@@H]2CC[C@]3(C)CCC[C@H]3[C@@H]2C1. The molecule has 4 aliphatic rings. The van der Waals surface area contributed by atoms with Gasteiger partial charge in [-0.1, -0.05) is 38.0 Å².